The highest BCUT2D eigenvalue weighted by Crippen LogP contribution is 2.33. The zero-order valence-electron chi connectivity index (χ0n) is 12.8. The molecule has 0 bridgehead atoms. The van der Waals surface area contributed by atoms with Gasteiger partial charge in [0.05, 0.1) is 18.4 Å². The molecule has 2 aromatic carbocycles. The molecular weight excluding hydrogens is 317 g/mol. The standard InChI is InChI=1S/C17H18FNO3S/c1-12-4-2-3-5-13(12)11-23(20,21)19-16-8-9-22-17-7-6-14(18)10-15(16)17/h2-7,10,16,19H,8-9,11H2,1H3. The minimum absolute atomic E-state index is 0.0956. The van der Waals surface area contributed by atoms with Crippen LogP contribution in [0.1, 0.15) is 29.2 Å². The zero-order valence-corrected chi connectivity index (χ0v) is 13.6. The summed E-state index contributed by atoms with van der Waals surface area (Å²) < 4.78 is 46.5. The summed E-state index contributed by atoms with van der Waals surface area (Å²) in [5.41, 5.74) is 2.23. The van der Waals surface area contributed by atoms with E-state index in [1.54, 1.807) is 6.07 Å². The molecule has 1 atom stereocenters. The van der Waals surface area contributed by atoms with E-state index in [1.807, 2.05) is 25.1 Å². The number of hydrogen-bond donors (Lipinski definition) is 1. The first-order valence-corrected chi connectivity index (χ1v) is 9.06. The third-order valence-electron chi connectivity index (χ3n) is 3.94. The van der Waals surface area contributed by atoms with Crippen molar-refractivity contribution in [2.24, 2.45) is 0 Å². The quantitative estimate of drug-likeness (QED) is 0.934. The second-order valence-corrected chi connectivity index (χ2v) is 7.43. The van der Waals surface area contributed by atoms with Gasteiger partial charge in [-0.15, -0.1) is 0 Å². The van der Waals surface area contributed by atoms with E-state index in [1.165, 1.54) is 18.2 Å². The molecule has 1 heterocycles. The SMILES string of the molecule is Cc1ccccc1CS(=O)(=O)NC1CCOc2ccc(F)cc21. The van der Waals surface area contributed by atoms with Gasteiger partial charge in [0.15, 0.2) is 0 Å². The van der Waals surface area contributed by atoms with Gasteiger partial charge in [0.2, 0.25) is 10.0 Å². The summed E-state index contributed by atoms with van der Waals surface area (Å²) in [5, 5.41) is 0. The molecule has 122 valence electrons. The van der Waals surface area contributed by atoms with Gasteiger partial charge >= 0.3 is 0 Å². The summed E-state index contributed by atoms with van der Waals surface area (Å²) in [5.74, 6) is 0.0281. The Bertz CT molecular complexity index is 820. The van der Waals surface area contributed by atoms with E-state index < -0.39 is 21.9 Å². The maximum absolute atomic E-state index is 13.5. The van der Waals surface area contributed by atoms with E-state index in [2.05, 4.69) is 4.72 Å². The van der Waals surface area contributed by atoms with Gasteiger partial charge in [-0.05, 0) is 36.2 Å². The summed E-state index contributed by atoms with van der Waals surface area (Å²) >= 11 is 0. The predicted molar refractivity (Wildman–Crippen MR) is 86.2 cm³/mol. The molecule has 0 spiro atoms. The number of ether oxygens (including phenoxy) is 1. The molecule has 1 N–H and O–H groups in total. The van der Waals surface area contributed by atoms with Crippen LogP contribution in [0.3, 0.4) is 0 Å². The van der Waals surface area contributed by atoms with Crippen molar-refractivity contribution < 1.29 is 17.5 Å². The van der Waals surface area contributed by atoms with Crippen LogP contribution in [0.15, 0.2) is 42.5 Å². The van der Waals surface area contributed by atoms with Gasteiger partial charge < -0.3 is 4.74 Å². The maximum atomic E-state index is 13.5. The predicted octanol–water partition coefficient (Wildman–Crippen LogP) is 3.08. The van der Waals surface area contributed by atoms with Gasteiger partial charge in [-0.2, -0.15) is 0 Å². The van der Waals surface area contributed by atoms with E-state index in [4.69, 9.17) is 4.74 Å². The van der Waals surface area contributed by atoms with Crippen LogP contribution in [0.2, 0.25) is 0 Å². The molecule has 1 aliphatic heterocycles. The average molecular weight is 335 g/mol. The van der Waals surface area contributed by atoms with Crippen LogP contribution in [0, 0.1) is 12.7 Å². The lowest BCUT2D eigenvalue weighted by Crippen LogP contribution is -2.33. The fourth-order valence-electron chi connectivity index (χ4n) is 2.72. The van der Waals surface area contributed by atoms with E-state index in [9.17, 15) is 12.8 Å². The van der Waals surface area contributed by atoms with Crippen molar-refractivity contribution >= 4 is 10.0 Å². The van der Waals surface area contributed by atoms with Gasteiger partial charge in [0.1, 0.15) is 11.6 Å². The van der Waals surface area contributed by atoms with E-state index >= 15 is 0 Å². The summed E-state index contributed by atoms with van der Waals surface area (Å²) in [6, 6.07) is 11.1. The van der Waals surface area contributed by atoms with Gasteiger partial charge in [0.25, 0.3) is 0 Å². The van der Waals surface area contributed by atoms with Crippen LogP contribution in [-0.4, -0.2) is 15.0 Å². The van der Waals surface area contributed by atoms with E-state index in [0.29, 0.717) is 24.3 Å². The Morgan fingerprint density at radius 1 is 1.26 bits per heavy atom. The first-order chi connectivity index (χ1) is 10.9. The molecular formula is C17H18FNO3S. The molecule has 1 aliphatic rings. The molecule has 4 nitrogen and oxygen atoms in total. The second kappa shape index (κ2) is 6.29. The normalized spacial score (nSPS) is 17.4. The lowest BCUT2D eigenvalue weighted by atomic mass is 10.0. The Labute approximate surface area is 135 Å². The lowest BCUT2D eigenvalue weighted by molar-refractivity contribution is 0.262. The first-order valence-electron chi connectivity index (χ1n) is 7.41. The largest absolute Gasteiger partial charge is 0.493 e. The van der Waals surface area contributed by atoms with E-state index in [0.717, 1.165) is 11.1 Å². The molecule has 6 heteroatoms. The molecule has 0 fully saturated rings. The van der Waals surface area contributed by atoms with Crippen LogP contribution < -0.4 is 9.46 Å². The minimum Gasteiger partial charge on any atom is -0.493 e. The summed E-state index contributed by atoms with van der Waals surface area (Å²) in [7, 11) is -3.54. The Morgan fingerprint density at radius 3 is 2.83 bits per heavy atom. The van der Waals surface area contributed by atoms with Crippen LogP contribution in [-0.2, 0) is 15.8 Å². The molecule has 3 rings (SSSR count). The van der Waals surface area contributed by atoms with Crippen molar-refractivity contribution in [3.8, 4) is 5.75 Å². The maximum Gasteiger partial charge on any atom is 0.216 e. The number of hydrogen-bond acceptors (Lipinski definition) is 3. The smallest absolute Gasteiger partial charge is 0.216 e. The third-order valence-corrected chi connectivity index (χ3v) is 5.27. The van der Waals surface area contributed by atoms with Crippen molar-refractivity contribution in [1.29, 1.82) is 0 Å². The van der Waals surface area contributed by atoms with Crippen LogP contribution in [0.4, 0.5) is 4.39 Å². The highest BCUT2D eigenvalue weighted by Gasteiger charge is 2.26. The van der Waals surface area contributed by atoms with Gasteiger partial charge in [-0.25, -0.2) is 17.5 Å². The topological polar surface area (TPSA) is 55.4 Å². The molecule has 1 unspecified atom stereocenters. The molecule has 23 heavy (non-hydrogen) atoms. The number of fused-ring (bicyclic) bond motifs is 1. The van der Waals surface area contributed by atoms with Crippen LogP contribution >= 0.6 is 0 Å². The number of rotatable bonds is 4. The van der Waals surface area contributed by atoms with Crippen molar-refractivity contribution in [2.75, 3.05) is 6.61 Å². The van der Waals surface area contributed by atoms with Gasteiger partial charge in [-0.1, -0.05) is 24.3 Å². The lowest BCUT2D eigenvalue weighted by Gasteiger charge is -2.26. The monoisotopic (exact) mass is 335 g/mol. The first kappa shape index (κ1) is 16.0. The van der Waals surface area contributed by atoms with Gasteiger partial charge in [-0.3, -0.25) is 0 Å². The van der Waals surface area contributed by atoms with Crippen molar-refractivity contribution in [2.45, 2.75) is 25.1 Å². The fraction of sp³-hybridized carbons (Fsp3) is 0.294. The molecule has 0 aliphatic carbocycles. The Hall–Kier alpha value is -1.92. The summed E-state index contributed by atoms with van der Waals surface area (Å²) in [6.45, 7) is 2.28. The molecule has 0 radical (unpaired) electrons. The van der Waals surface area contributed by atoms with Crippen LogP contribution in [0.25, 0.3) is 0 Å². The van der Waals surface area contributed by atoms with Gasteiger partial charge in [0, 0.05) is 12.0 Å². The Balaban J connectivity index is 1.82. The Kier molecular flexibility index (Phi) is 4.37. The molecule has 0 saturated carbocycles. The highest BCUT2D eigenvalue weighted by molar-refractivity contribution is 7.88. The second-order valence-electron chi connectivity index (χ2n) is 5.68. The third kappa shape index (κ3) is 3.71. The zero-order chi connectivity index (χ0) is 16.4. The molecule has 0 amide bonds. The van der Waals surface area contributed by atoms with E-state index in [-0.39, 0.29) is 5.75 Å². The number of halogens is 1. The van der Waals surface area contributed by atoms with Crippen LogP contribution in [0.5, 0.6) is 5.75 Å². The molecule has 0 aromatic heterocycles. The van der Waals surface area contributed by atoms with Crippen molar-refractivity contribution in [1.82, 2.24) is 4.72 Å². The molecule has 0 saturated heterocycles. The Morgan fingerprint density at radius 2 is 2.04 bits per heavy atom. The fourth-order valence-corrected chi connectivity index (χ4v) is 4.22. The van der Waals surface area contributed by atoms with Crippen molar-refractivity contribution in [3.63, 3.8) is 0 Å². The van der Waals surface area contributed by atoms with Crippen molar-refractivity contribution in [3.05, 3.63) is 65.0 Å². The number of aryl methyl sites for hydroxylation is 1. The number of benzene rings is 2. The minimum atomic E-state index is -3.54. The number of nitrogens with one attached hydrogen (secondary N) is 1. The number of sulfonamides is 1. The average Bonchev–Trinajstić information content (AvgIpc) is 2.50. The summed E-state index contributed by atoms with van der Waals surface area (Å²) in [6.07, 6.45) is 0.476. The summed E-state index contributed by atoms with van der Waals surface area (Å²) in [4.78, 5) is 0. The molecule has 2 aromatic rings. The highest BCUT2D eigenvalue weighted by atomic mass is 32.2.